The number of nitro benzene ring substituents is 1. The van der Waals surface area contributed by atoms with Gasteiger partial charge in [0.2, 0.25) is 11.8 Å². The van der Waals surface area contributed by atoms with Gasteiger partial charge in [-0.3, -0.25) is 19.7 Å². The van der Waals surface area contributed by atoms with Crippen LogP contribution in [0.4, 0.5) is 11.4 Å². The fraction of sp³-hybridized carbons (Fsp3) is 0.619. The van der Waals surface area contributed by atoms with Gasteiger partial charge in [0.15, 0.2) is 0 Å². The second kappa shape index (κ2) is 5.18. The van der Waals surface area contributed by atoms with E-state index in [1.54, 1.807) is 12.1 Å². The first kappa shape index (κ1) is 16.9. The van der Waals surface area contributed by atoms with E-state index >= 15 is 0 Å². The Morgan fingerprint density at radius 3 is 2.04 bits per heavy atom. The number of imide groups is 1. The number of carbonyl (C=O) groups excluding carboxylic acids is 2. The first-order valence-electron chi connectivity index (χ1n) is 9.87. The number of fused-ring (bicyclic) bond motifs is 1. The highest BCUT2D eigenvalue weighted by Gasteiger charge is 2.68. The Kier molecular flexibility index (Phi) is 3.24. The van der Waals surface area contributed by atoms with E-state index in [4.69, 9.17) is 0 Å². The highest BCUT2D eigenvalue weighted by Crippen LogP contribution is 2.68. The van der Waals surface area contributed by atoms with E-state index in [1.165, 1.54) is 17.4 Å². The summed E-state index contributed by atoms with van der Waals surface area (Å²) in [6.45, 7) is 5.75. The fourth-order valence-electron chi connectivity index (χ4n) is 6.24. The summed E-state index contributed by atoms with van der Waals surface area (Å²) in [6, 6.07) is 4.81. The van der Waals surface area contributed by atoms with E-state index in [0.717, 1.165) is 12.8 Å². The Balaban J connectivity index is 1.56. The van der Waals surface area contributed by atoms with Crippen LogP contribution in [0.15, 0.2) is 18.2 Å². The van der Waals surface area contributed by atoms with Crippen molar-refractivity contribution in [2.75, 3.05) is 4.90 Å². The largest absolute Gasteiger partial charge is 0.275 e. The van der Waals surface area contributed by atoms with Crippen LogP contribution in [-0.2, 0) is 15.0 Å². The number of hydrogen-bond acceptors (Lipinski definition) is 4. The molecule has 1 aromatic rings. The summed E-state index contributed by atoms with van der Waals surface area (Å²) in [6.07, 6.45) is 3.26. The Morgan fingerprint density at radius 2 is 1.56 bits per heavy atom. The molecule has 4 saturated carbocycles. The van der Waals surface area contributed by atoms with Gasteiger partial charge in [-0.05, 0) is 60.5 Å². The zero-order valence-corrected chi connectivity index (χ0v) is 15.8. The van der Waals surface area contributed by atoms with Crippen molar-refractivity contribution >= 4 is 23.2 Å². The Morgan fingerprint density at radius 1 is 1.00 bits per heavy atom. The molecule has 2 amide bonds. The quantitative estimate of drug-likeness (QED) is 0.453. The van der Waals surface area contributed by atoms with Gasteiger partial charge in [0.25, 0.3) is 5.69 Å². The molecule has 0 aromatic heterocycles. The number of nitro groups is 1. The molecule has 27 heavy (non-hydrogen) atoms. The SMILES string of the molecule is CC(C)(C)c1ccc(N2C(=O)[C@@H]3[C@@H]4CC[C@@H]([C@H]5C[C@H]54)[C@@H]3C2=O)cc1[N+](=O)[O-]. The average molecular weight is 368 g/mol. The molecule has 4 aliphatic carbocycles. The van der Waals surface area contributed by atoms with Crippen LogP contribution in [0, 0.1) is 45.6 Å². The number of hydrogen-bond donors (Lipinski definition) is 0. The molecule has 1 aromatic carbocycles. The number of benzene rings is 1. The molecule has 0 radical (unpaired) electrons. The van der Waals surface area contributed by atoms with Crippen molar-refractivity contribution < 1.29 is 14.5 Å². The monoisotopic (exact) mass is 368 g/mol. The Labute approximate surface area is 158 Å². The molecule has 6 nitrogen and oxygen atoms in total. The van der Waals surface area contributed by atoms with Crippen LogP contribution in [0.2, 0.25) is 0 Å². The molecule has 0 N–H and O–H groups in total. The van der Waals surface area contributed by atoms with Crippen molar-refractivity contribution in [3.05, 3.63) is 33.9 Å². The minimum absolute atomic E-state index is 0.0266. The summed E-state index contributed by atoms with van der Waals surface area (Å²) in [7, 11) is 0. The number of carbonyl (C=O) groups is 2. The van der Waals surface area contributed by atoms with Gasteiger partial charge in [-0.1, -0.05) is 20.8 Å². The predicted octanol–water partition coefficient (Wildman–Crippen LogP) is 3.67. The molecular formula is C21H24N2O4. The molecule has 5 fully saturated rings. The van der Waals surface area contributed by atoms with E-state index in [0.29, 0.717) is 34.9 Å². The minimum atomic E-state index is -0.416. The molecule has 1 aliphatic heterocycles. The molecule has 2 bridgehead atoms. The summed E-state index contributed by atoms with van der Waals surface area (Å²) in [5.74, 6) is 1.22. The maximum Gasteiger partial charge on any atom is 0.275 e. The lowest BCUT2D eigenvalue weighted by Crippen LogP contribution is -2.43. The molecule has 0 unspecified atom stereocenters. The number of amides is 2. The molecule has 6 heteroatoms. The van der Waals surface area contributed by atoms with Crippen molar-refractivity contribution in [1.29, 1.82) is 0 Å². The molecule has 1 saturated heterocycles. The predicted molar refractivity (Wildman–Crippen MR) is 99.1 cm³/mol. The maximum absolute atomic E-state index is 13.2. The van der Waals surface area contributed by atoms with Gasteiger partial charge in [-0.15, -0.1) is 0 Å². The Hall–Kier alpha value is -2.24. The zero-order chi connectivity index (χ0) is 19.2. The topological polar surface area (TPSA) is 80.5 Å². The first-order chi connectivity index (χ1) is 12.7. The van der Waals surface area contributed by atoms with Gasteiger partial charge in [-0.2, -0.15) is 0 Å². The van der Waals surface area contributed by atoms with Gasteiger partial charge in [0.1, 0.15) is 0 Å². The lowest BCUT2D eigenvalue weighted by atomic mass is 9.59. The van der Waals surface area contributed by atoms with Gasteiger partial charge in [0.05, 0.1) is 22.4 Å². The molecule has 5 aliphatic rings. The molecule has 142 valence electrons. The summed E-state index contributed by atoms with van der Waals surface area (Å²) < 4.78 is 0. The summed E-state index contributed by atoms with van der Waals surface area (Å²) in [5, 5.41) is 11.6. The van der Waals surface area contributed by atoms with Gasteiger partial charge >= 0.3 is 0 Å². The standard InChI is InChI=1S/C21H24N2O4/c1-21(2,3)15-7-4-10(8-16(15)23(26)27)22-19(24)17-11-5-6-12(14-9-13(11)14)18(17)20(22)25/h4,7-8,11-14,17-18H,5-6,9H2,1-3H3/t11-,12+,13+,14-,17-,18+. The van der Waals surface area contributed by atoms with Crippen molar-refractivity contribution in [1.82, 2.24) is 0 Å². The number of rotatable bonds is 2. The second-order valence-electron chi connectivity index (χ2n) is 9.74. The summed E-state index contributed by atoms with van der Waals surface area (Å²) >= 11 is 0. The third-order valence-electron chi connectivity index (χ3n) is 7.39. The van der Waals surface area contributed by atoms with Crippen molar-refractivity contribution in [2.24, 2.45) is 35.5 Å². The van der Waals surface area contributed by atoms with Crippen LogP contribution in [0.5, 0.6) is 0 Å². The van der Waals surface area contributed by atoms with Gasteiger partial charge in [-0.25, -0.2) is 4.90 Å². The van der Waals surface area contributed by atoms with Crippen molar-refractivity contribution in [3.8, 4) is 0 Å². The lowest BCUT2D eigenvalue weighted by Gasteiger charge is -2.42. The smallest absolute Gasteiger partial charge is 0.274 e. The fourth-order valence-corrected chi connectivity index (χ4v) is 6.24. The van der Waals surface area contributed by atoms with E-state index < -0.39 is 10.3 Å². The first-order valence-corrected chi connectivity index (χ1v) is 9.87. The third kappa shape index (κ3) is 2.18. The highest BCUT2D eigenvalue weighted by molar-refractivity contribution is 6.22. The molecular weight excluding hydrogens is 344 g/mol. The third-order valence-corrected chi connectivity index (χ3v) is 7.39. The van der Waals surface area contributed by atoms with Crippen LogP contribution in [0.1, 0.15) is 45.6 Å². The number of anilines is 1. The molecule has 6 rings (SSSR count). The van der Waals surface area contributed by atoms with E-state index in [2.05, 4.69) is 0 Å². The van der Waals surface area contributed by atoms with Gasteiger partial charge < -0.3 is 0 Å². The summed E-state index contributed by atoms with van der Waals surface area (Å²) in [4.78, 5) is 38.9. The second-order valence-corrected chi connectivity index (χ2v) is 9.74. The van der Waals surface area contributed by atoms with E-state index in [-0.39, 0.29) is 29.3 Å². The maximum atomic E-state index is 13.2. The van der Waals surface area contributed by atoms with E-state index in [9.17, 15) is 19.7 Å². The van der Waals surface area contributed by atoms with Crippen LogP contribution >= 0.6 is 0 Å². The molecule has 0 spiro atoms. The summed E-state index contributed by atoms with van der Waals surface area (Å²) in [5.41, 5.74) is 0.538. The minimum Gasteiger partial charge on any atom is -0.274 e. The van der Waals surface area contributed by atoms with E-state index in [1.807, 2.05) is 20.8 Å². The lowest BCUT2D eigenvalue weighted by molar-refractivity contribution is -0.385. The van der Waals surface area contributed by atoms with Crippen LogP contribution in [-0.4, -0.2) is 16.7 Å². The molecule has 1 heterocycles. The normalized spacial score (nSPS) is 36.6. The Bertz CT molecular complexity index is 853. The van der Waals surface area contributed by atoms with Crippen LogP contribution in [0.25, 0.3) is 0 Å². The van der Waals surface area contributed by atoms with Crippen molar-refractivity contribution in [3.63, 3.8) is 0 Å². The van der Waals surface area contributed by atoms with Gasteiger partial charge in [0, 0.05) is 11.6 Å². The highest BCUT2D eigenvalue weighted by atomic mass is 16.6. The zero-order valence-electron chi connectivity index (χ0n) is 15.8. The van der Waals surface area contributed by atoms with Crippen LogP contribution < -0.4 is 4.90 Å². The van der Waals surface area contributed by atoms with Crippen molar-refractivity contribution in [2.45, 2.75) is 45.4 Å². The molecule has 6 atom stereocenters. The average Bonchev–Trinajstić information content (AvgIpc) is 3.38. The van der Waals surface area contributed by atoms with Crippen LogP contribution in [0.3, 0.4) is 0 Å². The number of nitrogens with zero attached hydrogens (tertiary/aromatic N) is 2.